The first-order valence-corrected chi connectivity index (χ1v) is 7.04. The van der Waals surface area contributed by atoms with Gasteiger partial charge in [0.2, 0.25) is 0 Å². The Morgan fingerprint density at radius 2 is 1.64 bits per heavy atom. The summed E-state index contributed by atoms with van der Waals surface area (Å²) in [6.45, 7) is 0. The van der Waals surface area contributed by atoms with E-state index in [4.69, 9.17) is 5.73 Å². The maximum Gasteiger partial charge on any atom is 0.333 e. The first-order valence-electron chi connectivity index (χ1n) is 7.04. The summed E-state index contributed by atoms with van der Waals surface area (Å²) in [6, 6.07) is 1.04. The molecule has 0 saturated heterocycles. The van der Waals surface area contributed by atoms with E-state index in [-0.39, 0.29) is 11.6 Å². The van der Waals surface area contributed by atoms with E-state index in [1.807, 2.05) is 0 Å². The Labute approximate surface area is 127 Å². The Morgan fingerprint density at radius 1 is 1.09 bits per heavy atom. The van der Waals surface area contributed by atoms with Crippen molar-refractivity contribution in [3.05, 3.63) is 17.7 Å². The van der Waals surface area contributed by atoms with Crippen LogP contribution >= 0.6 is 0 Å². The zero-order chi connectivity index (χ0) is 16.3. The molecule has 0 aromatic heterocycles. The number of hydrogen-bond acceptors (Lipinski definition) is 5. The molecule has 0 bridgehead atoms. The number of nitrogens with zero attached hydrogens (tertiary/aromatic N) is 1. The summed E-state index contributed by atoms with van der Waals surface area (Å²) in [5.41, 5.74) is 7.60. The van der Waals surface area contributed by atoms with Crippen LogP contribution in [0.15, 0.2) is 12.1 Å². The number of primary amides is 1. The van der Waals surface area contributed by atoms with Gasteiger partial charge >= 0.3 is 6.03 Å². The van der Waals surface area contributed by atoms with Gasteiger partial charge in [0.05, 0.1) is 6.04 Å². The van der Waals surface area contributed by atoms with Crippen LogP contribution < -0.4 is 11.2 Å². The number of phenols is 3. The molecule has 8 heteroatoms. The van der Waals surface area contributed by atoms with Crippen LogP contribution in [-0.2, 0) is 0 Å². The molecule has 0 atom stereocenters. The van der Waals surface area contributed by atoms with E-state index < -0.39 is 29.2 Å². The zero-order valence-electron chi connectivity index (χ0n) is 12.0. The molecule has 8 nitrogen and oxygen atoms in total. The normalized spacial score (nSPS) is 15.3. The van der Waals surface area contributed by atoms with E-state index in [9.17, 15) is 24.9 Å². The number of carbonyl (C=O) groups is 2. The Balaban J connectivity index is 2.16. The van der Waals surface area contributed by atoms with E-state index >= 15 is 0 Å². The lowest BCUT2D eigenvalue weighted by molar-refractivity contribution is 0.0731. The summed E-state index contributed by atoms with van der Waals surface area (Å²) >= 11 is 0. The van der Waals surface area contributed by atoms with Crippen LogP contribution in [0.3, 0.4) is 0 Å². The molecule has 1 aliphatic carbocycles. The SMILES string of the molecule is NC(=O)N(NC(=O)c1cc(O)c(O)c(O)c1)C1CCCCC1. The van der Waals surface area contributed by atoms with Crippen molar-refractivity contribution < 1.29 is 24.9 Å². The van der Waals surface area contributed by atoms with Gasteiger partial charge in [-0.2, -0.15) is 0 Å². The van der Waals surface area contributed by atoms with E-state index in [1.54, 1.807) is 0 Å². The Bertz CT molecular complexity index is 561. The molecule has 1 aromatic carbocycles. The highest BCUT2D eigenvalue weighted by Crippen LogP contribution is 2.35. The van der Waals surface area contributed by atoms with Crippen molar-refractivity contribution >= 4 is 11.9 Å². The standard InChI is InChI=1S/C14H19N3O5/c15-14(22)17(9-4-2-1-3-5-9)16-13(21)8-6-10(18)12(20)11(19)7-8/h6-7,9,18-20H,1-5H2,(H2,15,22)(H,16,21). The third-order valence-electron chi connectivity index (χ3n) is 3.73. The van der Waals surface area contributed by atoms with Gasteiger partial charge in [-0.15, -0.1) is 0 Å². The molecule has 6 N–H and O–H groups in total. The van der Waals surface area contributed by atoms with Crippen molar-refractivity contribution in [1.29, 1.82) is 0 Å². The summed E-state index contributed by atoms with van der Waals surface area (Å²) < 4.78 is 0. The van der Waals surface area contributed by atoms with Gasteiger partial charge in [-0.05, 0) is 25.0 Å². The third kappa shape index (κ3) is 3.33. The predicted octanol–water partition coefficient (Wildman–Crippen LogP) is 1.16. The van der Waals surface area contributed by atoms with Gasteiger partial charge in [-0.1, -0.05) is 19.3 Å². The largest absolute Gasteiger partial charge is 0.504 e. The molecule has 1 fully saturated rings. The van der Waals surface area contributed by atoms with Crippen molar-refractivity contribution in [2.75, 3.05) is 0 Å². The fourth-order valence-corrected chi connectivity index (χ4v) is 2.57. The van der Waals surface area contributed by atoms with Crippen LogP contribution in [0.25, 0.3) is 0 Å². The summed E-state index contributed by atoms with van der Waals surface area (Å²) in [5.74, 6) is -2.69. The van der Waals surface area contributed by atoms with Crippen LogP contribution in [-0.4, -0.2) is 38.3 Å². The van der Waals surface area contributed by atoms with Gasteiger partial charge in [0, 0.05) is 5.56 Å². The van der Waals surface area contributed by atoms with Crippen molar-refractivity contribution in [3.63, 3.8) is 0 Å². The summed E-state index contributed by atoms with van der Waals surface area (Å²) in [5, 5.41) is 29.2. The molecule has 0 unspecified atom stereocenters. The smallest absolute Gasteiger partial charge is 0.333 e. The highest BCUT2D eigenvalue weighted by molar-refractivity contribution is 5.96. The lowest BCUT2D eigenvalue weighted by Crippen LogP contribution is -2.54. The van der Waals surface area contributed by atoms with Crippen LogP contribution in [0, 0.1) is 0 Å². The first kappa shape index (κ1) is 15.7. The molecule has 22 heavy (non-hydrogen) atoms. The average Bonchev–Trinajstić information content (AvgIpc) is 2.50. The van der Waals surface area contributed by atoms with E-state index in [0.717, 1.165) is 49.2 Å². The molecular weight excluding hydrogens is 290 g/mol. The summed E-state index contributed by atoms with van der Waals surface area (Å²) in [4.78, 5) is 23.7. The number of urea groups is 1. The monoisotopic (exact) mass is 309 g/mol. The zero-order valence-corrected chi connectivity index (χ0v) is 12.0. The van der Waals surface area contributed by atoms with Gasteiger partial charge < -0.3 is 21.1 Å². The second kappa shape index (κ2) is 6.42. The number of hydrogen-bond donors (Lipinski definition) is 5. The second-order valence-corrected chi connectivity index (χ2v) is 5.30. The Kier molecular flexibility index (Phi) is 4.59. The molecular formula is C14H19N3O5. The number of phenolic OH excluding ortho intramolecular Hbond substituents is 3. The number of benzene rings is 1. The molecule has 1 aromatic rings. The van der Waals surface area contributed by atoms with Gasteiger partial charge in [0.1, 0.15) is 0 Å². The molecule has 0 heterocycles. The quantitative estimate of drug-likeness (QED) is 0.412. The van der Waals surface area contributed by atoms with Crippen LogP contribution in [0.2, 0.25) is 0 Å². The van der Waals surface area contributed by atoms with E-state index in [1.165, 1.54) is 0 Å². The summed E-state index contributed by atoms with van der Waals surface area (Å²) in [7, 11) is 0. The first-order chi connectivity index (χ1) is 10.4. The second-order valence-electron chi connectivity index (χ2n) is 5.30. The van der Waals surface area contributed by atoms with Crippen molar-refractivity contribution in [3.8, 4) is 17.2 Å². The molecule has 2 rings (SSSR count). The minimum atomic E-state index is -0.771. The number of aromatic hydroxyl groups is 3. The highest BCUT2D eigenvalue weighted by atomic mass is 16.3. The van der Waals surface area contributed by atoms with Crippen molar-refractivity contribution in [2.45, 2.75) is 38.1 Å². The number of amides is 3. The maximum absolute atomic E-state index is 12.2. The van der Waals surface area contributed by atoms with Crippen LogP contribution in [0.5, 0.6) is 17.2 Å². The van der Waals surface area contributed by atoms with Gasteiger partial charge in [-0.25, -0.2) is 9.80 Å². The number of nitrogens with two attached hydrogens (primary N) is 1. The highest BCUT2D eigenvalue weighted by Gasteiger charge is 2.26. The summed E-state index contributed by atoms with van der Waals surface area (Å²) in [6.07, 6.45) is 4.47. The molecule has 0 radical (unpaired) electrons. The third-order valence-corrected chi connectivity index (χ3v) is 3.73. The molecule has 0 spiro atoms. The van der Waals surface area contributed by atoms with Crippen LogP contribution in [0.4, 0.5) is 4.79 Å². The molecule has 1 saturated carbocycles. The molecule has 1 aliphatic rings. The number of nitrogens with one attached hydrogen (secondary N) is 1. The Hall–Kier alpha value is -2.64. The molecule has 3 amide bonds. The minimum absolute atomic E-state index is 0.102. The lowest BCUT2D eigenvalue weighted by atomic mass is 9.95. The average molecular weight is 309 g/mol. The van der Waals surface area contributed by atoms with E-state index in [2.05, 4.69) is 5.43 Å². The fourth-order valence-electron chi connectivity index (χ4n) is 2.57. The van der Waals surface area contributed by atoms with Crippen molar-refractivity contribution in [1.82, 2.24) is 10.4 Å². The van der Waals surface area contributed by atoms with E-state index in [0.29, 0.717) is 0 Å². The number of rotatable bonds is 2. The fraction of sp³-hybridized carbons (Fsp3) is 0.429. The minimum Gasteiger partial charge on any atom is -0.504 e. The number of hydrazine groups is 1. The lowest BCUT2D eigenvalue weighted by Gasteiger charge is -2.32. The molecule has 120 valence electrons. The topological polar surface area (TPSA) is 136 Å². The van der Waals surface area contributed by atoms with Crippen LogP contribution in [0.1, 0.15) is 42.5 Å². The van der Waals surface area contributed by atoms with Crippen molar-refractivity contribution in [2.24, 2.45) is 5.73 Å². The van der Waals surface area contributed by atoms with Gasteiger partial charge in [-0.3, -0.25) is 10.2 Å². The molecule has 0 aliphatic heterocycles. The van der Waals surface area contributed by atoms with Gasteiger partial charge in [0.15, 0.2) is 17.2 Å². The van der Waals surface area contributed by atoms with Gasteiger partial charge in [0.25, 0.3) is 5.91 Å². The number of carbonyl (C=O) groups excluding carboxylic acids is 2. The Morgan fingerprint density at radius 3 is 2.14 bits per heavy atom. The maximum atomic E-state index is 12.2. The predicted molar refractivity (Wildman–Crippen MR) is 77.2 cm³/mol.